The van der Waals surface area contributed by atoms with Crippen LogP contribution in [0.3, 0.4) is 0 Å². The molecule has 2 atom stereocenters. The number of rotatable bonds is 7. The second-order valence-corrected chi connectivity index (χ2v) is 8.48. The third-order valence-electron chi connectivity index (χ3n) is 5.77. The molecule has 38 heavy (non-hydrogen) atoms. The summed E-state index contributed by atoms with van der Waals surface area (Å²) in [5, 5.41) is 12.6. The van der Waals surface area contributed by atoms with Crippen LogP contribution in [0.2, 0.25) is 0 Å². The molecule has 0 saturated heterocycles. The van der Waals surface area contributed by atoms with Crippen LogP contribution in [-0.4, -0.2) is 34.8 Å². The number of carbonyl (C=O) groups is 2. The number of hydrogen-bond acceptors (Lipinski definition) is 3. The molecule has 4 N–H and O–H groups in total. The van der Waals surface area contributed by atoms with E-state index in [0.29, 0.717) is 28.7 Å². The molecule has 0 aliphatic carbocycles. The molecule has 3 aromatic rings. The lowest BCUT2D eigenvalue weighted by molar-refractivity contribution is -0.137. The predicted molar refractivity (Wildman–Crippen MR) is 133 cm³/mol. The maximum absolute atomic E-state index is 13.5. The highest BCUT2D eigenvalue weighted by Gasteiger charge is 2.30. The summed E-state index contributed by atoms with van der Waals surface area (Å²) in [6.07, 6.45) is -4.12. The summed E-state index contributed by atoms with van der Waals surface area (Å²) < 4.78 is 52.4. The minimum absolute atomic E-state index is 0.187. The van der Waals surface area contributed by atoms with E-state index in [1.165, 1.54) is 37.3 Å². The average Bonchev–Trinajstić information content (AvgIpc) is 2.89. The van der Waals surface area contributed by atoms with Crippen LogP contribution in [0, 0.1) is 17.7 Å². The fourth-order valence-corrected chi connectivity index (χ4v) is 3.74. The molecule has 3 amide bonds. The lowest BCUT2D eigenvalue weighted by Crippen LogP contribution is -2.38. The van der Waals surface area contributed by atoms with Crippen molar-refractivity contribution < 1.29 is 32.4 Å². The van der Waals surface area contributed by atoms with Gasteiger partial charge < -0.3 is 11.1 Å². The summed E-state index contributed by atoms with van der Waals surface area (Å²) >= 11 is 0. The molecule has 0 heterocycles. The zero-order chi connectivity index (χ0) is 27.9. The fraction of sp³-hybridized carbons (Fsp3) is 0.214. The van der Waals surface area contributed by atoms with Gasteiger partial charge in [0.1, 0.15) is 11.9 Å². The van der Waals surface area contributed by atoms with Crippen LogP contribution in [0.15, 0.2) is 72.8 Å². The summed E-state index contributed by atoms with van der Waals surface area (Å²) in [5.74, 6) is 4.20. The van der Waals surface area contributed by atoms with Crippen LogP contribution >= 0.6 is 0 Å². The number of carbonyl (C=O) groups excluding carboxylic acids is 2. The number of primary amides is 1. The van der Waals surface area contributed by atoms with Crippen molar-refractivity contribution in [2.24, 2.45) is 5.73 Å². The number of hydrogen-bond donors (Lipinski definition) is 3. The molecule has 0 aliphatic heterocycles. The number of nitrogens with zero attached hydrogens (tertiary/aromatic N) is 1. The Hall–Kier alpha value is -4.36. The standard InChI is InChI=1S/C28H25F4N3O3/c1-18(35(38)27(33)37)5-6-19-3-2-4-22(17-19)26(36)34-16-15-25(21-9-13-24(29)14-10-21)20-7-11-23(12-8-20)28(30,31)32/h2-4,7-14,17-18,25,38H,15-16H2,1H3,(H2,33,37)(H,34,36)/t18-,25-/m1/s1. The Kier molecular flexibility index (Phi) is 9.10. The molecule has 0 unspecified atom stereocenters. The molecule has 3 rings (SSSR count). The van der Waals surface area contributed by atoms with E-state index in [0.717, 1.165) is 12.1 Å². The van der Waals surface area contributed by atoms with E-state index < -0.39 is 35.5 Å². The Labute approximate surface area is 217 Å². The van der Waals surface area contributed by atoms with Crippen molar-refractivity contribution in [3.05, 3.63) is 106 Å². The summed E-state index contributed by atoms with van der Waals surface area (Å²) in [5.41, 5.74) is 6.30. The zero-order valence-corrected chi connectivity index (χ0v) is 20.3. The Bertz CT molecular complexity index is 1330. The number of amides is 3. The maximum atomic E-state index is 13.5. The molecule has 0 bridgehead atoms. The predicted octanol–water partition coefficient (Wildman–Crippen LogP) is 5.31. The van der Waals surface area contributed by atoms with Crippen LogP contribution < -0.4 is 11.1 Å². The molecule has 10 heteroatoms. The van der Waals surface area contributed by atoms with Gasteiger partial charge in [0, 0.05) is 23.6 Å². The second kappa shape index (κ2) is 12.3. The second-order valence-electron chi connectivity index (χ2n) is 8.48. The first-order valence-corrected chi connectivity index (χ1v) is 11.6. The number of nitrogens with two attached hydrogens (primary N) is 1. The van der Waals surface area contributed by atoms with Crippen LogP contribution in [0.4, 0.5) is 22.4 Å². The quantitative estimate of drug-likeness (QED) is 0.168. The highest BCUT2D eigenvalue weighted by Crippen LogP contribution is 2.33. The van der Waals surface area contributed by atoms with Crippen molar-refractivity contribution in [3.63, 3.8) is 0 Å². The van der Waals surface area contributed by atoms with Gasteiger partial charge in [-0.15, -0.1) is 0 Å². The highest BCUT2D eigenvalue weighted by molar-refractivity contribution is 5.94. The molecule has 0 aromatic heterocycles. The molecule has 0 spiro atoms. The van der Waals surface area contributed by atoms with E-state index in [4.69, 9.17) is 5.73 Å². The normalized spacial score (nSPS) is 12.6. The molecule has 198 valence electrons. The highest BCUT2D eigenvalue weighted by atomic mass is 19.4. The Morgan fingerprint density at radius 2 is 1.63 bits per heavy atom. The van der Waals surface area contributed by atoms with E-state index in [1.807, 2.05) is 0 Å². The number of benzene rings is 3. The van der Waals surface area contributed by atoms with Crippen molar-refractivity contribution in [2.75, 3.05) is 6.54 Å². The van der Waals surface area contributed by atoms with E-state index in [2.05, 4.69) is 17.2 Å². The number of halogens is 4. The van der Waals surface area contributed by atoms with Crippen molar-refractivity contribution in [1.82, 2.24) is 10.4 Å². The van der Waals surface area contributed by atoms with Gasteiger partial charge in [0.05, 0.1) is 5.56 Å². The SMILES string of the molecule is C[C@H](C#Cc1cccc(C(=O)NCC[C@@H](c2ccc(F)cc2)c2ccc(C(F)(F)F)cc2)c1)N(O)C(N)=O. The Balaban J connectivity index is 1.71. The molecular weight excluding hydrogens is 502 g/mol. The van der Waals surface area contributed by atoms with E-state index >= 15 is 0 Å². The summed E-state index contributed by atoms with van der Waals surface area (Å²) in [6.45, 7) is 1.66. The number of urea groups is 1. The van der Waals surface area contributed by atoms with Crippen LogP contribution in [-0.2, 0) is 6.18 Å². The van der Waals surface area contributed by atoms with Gasteiger partial charge in [-0.2, -0.15) is 18.2 Å². The average molecular weight is 528 g/mol. The smallest absolute Gasteiger partial charge is 0.352 e. The Morgan fingerprint density at radius 1 is 1.03 bits per heavy atom. The van der Waals surface area contributed by atoms with Gasteiger partial charge in [-0.1, -0.05) is 42.2 Å². The summed E-state index contributed by atoms with van der Waals surface area (Å²) in [7, 11) is 0. The van der Waals surface area contributed by atoms with Gasteiger partial charge in [-0.05, 0) is 66.9 Å². The van der Waals surface area contributed by atoms with Gasteiger partial charge >= 0.3 is 12.2 Å². The third kappa shape index (κ3) is 7.57. The number of hydroxylamine groups is 2. The number of alkyl halides is 3. The minimum Gasteiger partial charge on any atom is -0.352 e. The fourth-order valence-electron chi connectivity index (χ4n) is 3.74. The topological polar surface area (TPSA) is 95.7 Å². The van der Waals surface area contributed by atoms with Gasteiger partial charge in [-0.3, -0.25) is 10.0 Å². The van der Waals surface area contributed by atoms with Crippen molar-refractivity contribution in [3.8, 4) is 11.8 Å². The van der Waals surface area contributed by atoms with Crippen LogP contribution in [0.25, 0.3) is 0 Å². The molecule has 0 saturated carbocycles. The van der Waals surface area contributed by atoms with Crippen molar-refractivity contribution in [2.45, 2.75) is 31.5 Å². The van der Waals surface area contributed by atoms with Crippen molar-refractivity contribution in [1.29, 1.82) is 0 Å². The molecule has 3 aromatic carbocycles. The van der Waals surface area contributed by atoms with Crippen molar-refractivity contribution >= 4 is 11.9 Å². The van der Waals surface area contributed by atoms with Crippen LogP contribution in [0.5, 0.6) is 0 Å². The van der Waals surface area contributed by atoms with Gasteiger partial charge in [0.15, 0.2) is 0 Å². The van der Waals surface area contributed by atoms with Gasteiger partial charge in [0.25, 0.3) is 5.91 Å². The van der Waals surface area contributed by atoms with E-state index in [9.17, 15) is 32.4 Å². The first kappa shape index (κ1) is 28.2. The van der Waals surface area contributed by atoms with E-state index in [1.54, 1.807) is 30.3 Å². The molecule has 0 fully saturated rings. The van der Waals surface area contributed by atoms with Gasteiger partial charge in [0.2, 0.25) is 0 Å². The lowest BCUT2D eigenvalue weighted by atomic mass is 9.88. The number of nitrogens with one attached hydrogen (secondary N) is 1. The molecular formula is C28H25F4N3O3. The molecule has 6 nitrogen and oxygen atoms in total. The van der Waals surface area contributed by atoms with Crippen LogP contribution in [0.1, 0.15) is 51.9 Å². The molecule has 0 radical (unpaired) electrons. The minimum atomic E-state index is -4.46. The first-order chi connectivity index (χ1) is 18.0. The third-order valence-corrected chi connectivity index (χ3v) is 5.77. The van der Waals surface area contributed by atoms with Gasteiger partial charge in [-0.25, -0.2) is 9.18 Å². The lowest BCUT2D eigenvalue weighted by Gasteiger charge is -2.19. The van der Waals surface area contributed by atoms with E-state index in [-0.39, 0.29) is 17.5 Å². The maximum Gasteiger partial charge on any atom is 0.416 e. The monoisotopic (exact) mass is 527 g/mol. The largest absolute Gasteiger partial charge is 0.416 e. The summed E-state index contributed by atoms with van der Waals surface area (Å²) in [6, 6.07) is 14.9. The first-order valence-electron chi connectivity index (χ1n) is 11.6. The Morgan fingerprint density at radius 3 is 2.21 bits per heavy atom. The zero-order valence-electron chi connectivity index (χ0n) is 20.3. The molecule has 0 aliphatic rings. The summed E-state index contributed by atoms with van der Waals surface area (Å²) in [4.78, 5) is 23.8.